The SMILES string of the molecule is Cn1cncc1C(=O)N[C@@H]1CCC[C@H](Nc2nc(-c3c[nH]c4ncc(F)cc34)ncc2F)C1. The number of nitrogens with one attached hydrogen (secondary N) is 3. The first-order valence-electron chi connectivity index (χ1n) is 10.7. The lowest BCUT2D eigenvalue weighted by atomic mass is 9.91. The van der Waals surface area contributed by atoms with Crippen LogP contribution in [0, 0.1) is 11.6 Å². The topological polar surface area (TPSA) is 113 Å². The molecule has 33 heavy (non-hydrogen) atoms. The maximum Gasteiger partial charge on any atom is 0.269 e. The van der Waals surface area contributed by atoms with Crippen molar-refractivity contribution in [1.82, 2.24) is 34.8 Å². The Morgan fingerprint density at radius 3 is 2.85 bits per heavy atom. The van der Waals surface area contributed by atoms with Crippen LogP contribution in [-0.2, 0) is 7.05 Å². The smallest absolute Gasteiger partial charge is 0.269 e. The van der Waals surface area contributed by atoms with Gasteiger partial charge in [0.15, 0.2) is 17.5 Å². The van der Waals surface area contributed by atoms with Crippen LogP contribution in [0.25, 0.3) is 22.4 Å². The number of nitrogens with zero attached hydrogens (tertiary/aromatic N) is 5. The normalized spacial score (nSPS) is 18.4. The van der Waals surface area contributed by atoms with Crippen molar-refractivity contribution >= 4 is 22.8 Å². The van der Waals surface area contributed by atoms with Crippen LogP contribution < -0.4 is 10.6 Å². The van der Waals surface area contributed by atoms with E-state index in [1.165, 1.54) is 12.3 Å². The number of hydrogen-bond acceptors (Lipinski definition) is 6. The van der Waals surface area contributed by atoms with Gasteiger partial charge in [0.05, 0.1) is 24.9 Å². The van der Waals surface area contributed by atoms with Gasteiger partial charge in [-0.05, 0) is 31.7 Å². The molecule has 1 aliphatic carbocycles. The van der Waals surface area contributed by atoms with Gasteiger partial charge in [-0.25, -0.2) is 28.7 Å². The molecule has 0 radical (unpaired) electrons. The Hall–Kier alpha value is -3.89. The first kappa shape index (κ1) is 21.0. The Balaban J connectivity index is 1.32. The lowest BCUT2D eigenvalue weighted by molar-refractivity contribution is 0.0918. The second kappa shape index (κ2) is 8.57. The monoisotopic (exact) mass is 452 g/mol. The maximum absolute atomic E-state index is 14.5. The van der Waals surface area contributed by atoms with E-state index in [-0.39, 0.29) is 29.6 Å². The van der Waals surface area contributed by atoms with Crippen molar-refractivity contribution in [2.24, 2.45) is 7.05 Å². The Labute approximate surface area is 187 Å². The molecule has 11 heteroatoms. The molecule has 170 valence electrons. The van der Waals surface area contributed by atoms with Crippen LogP contribution >= 0.6 is 0 Å². The highest BCUT2D eigenvalue weighted by Crippen LogP contribution is 2.28. The molecular formula is C22H22F2N8O. The van der Waals surface area contributed by atoms with Crippen molar-refractivity contribution in [2.75, 3.05) is 5.32 Å². The minimum Gasteiger partial charge on any atom is -0.365 e. The molecule has 0 spiro atoms. The molecule has 0 aliphatic heterocycles. The lowest BCUT2D eigenvalue weighted by Gasteiger charge is -2.30. The minimum absolute atomic E-state index is 0.0503. The molecule has 2 atom stereocenters. The number of hydrogen-bond donors (Lipinski definition) is 3. The van der Waals surface area contributed by atoms with Gasteiger partial charge in [0.2, 0.25) is 0 Å². The predicted molar refractivity (Wildman–Crippen MR) is 117 cm³/mol. The number of halogens is 2. The molecule has 4 aromatic rings. The van der Waals surface area contributed by atoms with Crippen molar-refractivity contribution in [1.29, 1.82) is 0 Å². The van der Waals surface area contributed by atoms with Gasteiger partial charge in [-0.2, -0.15) is 0 Å². The lowest BCUT2D eigenvalue weighted by Crippen LogP contribution is -2.42. The van der Waals surface area contributed by atoms with Gasteiger partial charge in [-0.3, -0.25) is 4.79 Å². The summed E-state index contributed by atoms with van der Waals surface area (Å²) in [5, 5.41) is 6.72. The number of aryl methyl sites for hydroxylation is 1. The van der Waals surface area contributed by atoms with Crippen molar-refractivity contribution in [3.05, 3.63) is 54.5 Å². The minimum atomic E-state index is -0.580. The molecule has 1 saturated carbocycles. The molecule has 9 nitrogen and oxygen atoms in total. The largest absolute Gasteiger partial charge is 0.365 e. The van der Waals surface area contributed by atoms with Crippen LogP contribution in [0.4, 0.5) is 14.6 Å². The average Bonchev–Trinajstić information content (AvgIpc) is 3.41. The maximum atomic E-state index is 14.5. The molecule has 1 fully saturated rings. The Morgan fingerprint density at radius 2 is 2.03 bits per heavy atom. The first-order chi connectivity index (χ1) is 16.0. The summed E-state index contributed by atoms with van der Waals surface area (Å²) in [5.74, 6) is -0.915. The van der Waals surface area contributed by atoms with E-state index in [4.69, 9.17) is 0 Å². The van der Waals surface area contributed by atoms with Gasteiger partial charge in [0.1, 0.15) is 17.2 Å². The number of imidazole rings is 1. The highest BCUT2D eigenvalue weighted by atomic mass is 19.1. The predicted octanol–water partition coefficient (Wildman–Crippen LogP) is 3.18. The number of rotatable bonds is 5. The zero-order chi connectivity index (χ0) is 22.9. The third-order valence-electron chi connectivity index (χ3n) is 5.88. The zero-order valence-corrected chi connectivity index (χ0v) is 17.8. The number of carbonyl (C=O) groups is 1. The number of anilines is 1. The number of carbonyl (C=O) groups excluding carboxylic acids is 1. The van der Waals surface area contributed by atoms with Crippen molar-refractivity contribution in [3.8, 4) is 11.4 Å². The molecule has 0 unspecified atom stereocenters. The number of pyridine rings is 1. The molecule has 1 amide bonds. The van der Waals surface area contributed by atoms with Crippen LogP contribution in [0.2, 0.25) is 0 Å². The Kier molecular flexibility index (Phi) is 5.45. The fraction of sp³-hybridized carbons (Fsp3) is 0.318. The van der Waals surface area contributed by atoms with Crippen LogP contribution in [-0.4, -0.2) is 47.5 Å². The summed E-state index contributed by atoms with van der Waals surface area (Å²) in [6.07, 6.45) is 10.1. The van der Waals surface area contributed by atoms with E-state index in [9.17, 15) is 13.6 Å². The summed E-state index contributed by atoms with van der Waals surface area (Å²) in [6, 6.07) is 1.21. The standard InChI is InChI=1S/C22H22F2N8O/c1-32-11-25-10-18(32)22(33)30-14-4-2-3-13(6-14)29-21-17(24)9-28-20(31-21)16-8-27-19-15(16)5-12(23)7-26-19/h5,7-11,13-14H,2-4,6H2,1H3,(H,26,27)(H,30,33)(H,28,29,31)/t13-,14+/m0/s1. The summed E-state index contributed by atoms with van der Waals surface area (Å²) in [4.78, 5) is 31.9. The third-order valence-corrected chi connectivity index (χ3v) is 5.88. The molecule has 3 N–H and O–H groups in total. The van der Waals surface area contributed by atoms with Gasteiger partial charge in [-0.1, -0.05) is 0 Å². The second-order valence-electron chi connectivity index (χ2n) is 8.21. The van der Waals surface area contributed by atoms with Crippen LogP contribution in [0.1, 0.15) is 36.2 Å². The first-order valence-corrected chi connectivity index (χ1v) is 10.7. The molecule has 4 heterocycles. The van der Waals surface area contributed by atoms with E-state index in [0.29, 0.717) is 28.7 Å². The Morgan fingerprint density at radius 1 is 1.18 bits per heavy atom. The molecule has 0 aromatic carbocycles. The Bertz CT molecular complexity index is 1320. The van der Waals surface area contributed by atoms with Crippen molar-refractivity contribution < 1.29 is 13.6 Å². The average molecular weight is 452 g/mol. The van der Waals surface area contributed by atoms with Crippen molar-refractivity contribution in [3.63, 3.8) is 0 Å². The molecule has 0 saturated heterocycles. The number of fused-ring (bicyclic) bond motifs is 1. The van der Waals surface area contributed by atoms with E-state index in [2.05, 4.69) is 35.6 Å². The fourth-order valence-corrected chi connectivity index (χ4v) is 4.24. The van der Waals surface area contributed by atoms with Crippen LogP contribution in [0.5, 0.6) is 0 Å². The fourth-order valence-electron chi connectivity index (χ4n) is 4.24. The van der Waals surface area contributed by atoms with Gasteiger partial charge in [0.25, 0.3) is 5.91 Å². The van der Waals surface area contributed by atoms with E-state index in [0.717, 1.165) is 31.7 Å². The summed E-state index contributed by atoms with van der Waals surface area (Å²) in [5.41, 5.74) is 1.51. The zero-order valence-electron chi connectivity index (χ0n) is 17.8. The number of H-pyrrole nitrogens is 1. The quantitative estimate of drug-likeness (QED) is 0.429. The van der Waals surface area contributed by atoms with Crippen molar-refractivity contribution in [2.45, 2.75) is 37.8 Å². The van der Waals surface area contributed by atoms with E-state index in [1.807, 2.05) is 0 Å². The number of aromatic amines is 1. The second-order valence-corrected chi connectivity index (χ2v) is 8.21. The van der Waals surface area contributed by atoms with E-state index in [1.54, 1.807) is 24.1 Å². The highest BCUT2D eigenvalue weighted by Gasteiger charge is 2.26. The van der Waals surface area contributed by atoms with Gasteiger partial charge >= 0.3 is 0 Å². The number of amides is 1. The van der Waals surface area contributed by atoms with Gasteiger partial charge < -0.3 is 20.2 Å². The third kappa shape index (κ3) is 4.26. The van der Waals surface area contributed by atoms with Crippen LogP contribution in [0.15, 0.2) is 37.2 Å². The van der Waals surface area contributed by atoms with Gasteiger partial charge in [0, 0.05) is 36.3 Å². The molecule has 5 rings (SSSR count). The summed E-state index contributed by atoms with van der Waals surface area (Å²) in [7, 11) is 1.76. The van der Waals surface area contributed by atoms with E-state index >= 15 is 0 Å². The number of aromatic nitrogens is 6. The summed E-state index contributed by atoms with van der Waals surface area (Å²) in [6.45, 7) is 0. The molecular weight excluding hydrogens is 430 g/mol. The molecule has 1 aliphatic rings. The molecule has 4 aromatic heterocycles. The molecule has 0 bridgehead atoms. The van der Waals surface area contributed by atoms with Crippen LogP contribution in [0.3, 0.4) is 0 Å². The highest BCUT2D eigenvalue weighted by molar-refractivity contribution is 5.92. The summed E-state index contributed by atoms with van der Waals surface area (Å²) >= 11 is 0. The van der Waals surface area contributed by atoms with E-state index < -0.39 is 11.6 Å². The summed E-state index contributed by atoms with van der Waals surface area (Å²) < 4.78 is 29.9. The van der Waals surface area contributed by atoms with Gasteiger partial charge in [-0.15, -0.1) is 0 Å².